The Hall–Kier alpha value is -0.280. The van der Waals surface area contributed by atoms with E-state index in [1.807, 2.05) is 6.07 Å². The number of pyridine rings is 1. The highest BCUT2D eigenvalue weighted by molar-refractivity contribution is 9.09. The smallest absolute Gasteiger partial charge is 0.139 e. The largest absolute Gasteiger partial charge is 0.491 e. The Morgan fingerprint density at radius 2 is 1.94 bits per heavy atom. The maximum atomic E-state index is 5.91. The summed E-state index contributed by atoms with van der Waals surface area (Å²) in [6, 6.07) is 1.83. The number of hydrogen-bond acceptors (Lipinski definition) is 2. The molecule has 0 aromatic carbocycles. The van der Waals surface area contributed by atoms with Crippen molar-refractivity contribution in [1.82, 2.24) is 4.98 Å². The molecular formula is C14H19BrClNO. The first-order chi connectivity index (χ1) is 8.74. The maximum absolute atomic E-state index is 5.91. The molecule has 0 amide bonds. The van der Waals surface area contributed by atoms with Gasteiger partial charge in [-0.2, -0.15) is 0 Å². The van der Waals surface area contributed by atoms with Crippen LogP contribution in [0.1, 0.15) is 38.5 Å². The molecule has 0 atom stereocenters. The summed E-state index contributed by atoms with van der Waals surface area (Å²) in [6.07, 6.45) is 11.2. The van der Waals surface area contributed by atoms with Gasteiger partial charge in [-0.15, -0.1) is 0 Å². The fourth-order valence-corrected chi connectivity index (χ4v) is 3.39. The van der Waals surface area contributed by atoms with Crippen molar-refractivity contribution in [2.75, 3.05) is 11.9 Å². The Balaban J connectivity index is 1.97. The molecule has 0 bridgehead atoms. The standard InChI is InChI=1S/C14H19BrClNO/c15-10-14(5-3-1-2-4-6-14)11-18-13-7-12(16)8-17-9-13/h7-9H,1-6,10-11H2. The molecule has 1 aliphatic rings. The zero-order valence-electron chi connectivity index (χ0n) is 10.5. The average molecular weight is 333 g/mol. The van der Waals surface area contributed by atoms with Gasteiger partial charge in [0, 0.05) is 23.0 Å². The third kappa shape index (κ3) is 3.86. The van der Waals surface area contributed by atoms with Crippen LogP contribution in [0.25, 0.3) is 0 Å². The van der Waals surface area contributed by atoms with E-state index in [0.29, 0.717) is 5.02 Å². The molecule has 4 heteroatoms. The van der Waals surface area contributed by atoms with Gasteiger partial charge in [-0.05, 0) is 12.8 Å². The van der Waals surface area contributed by atoms with Crippen molar-refractivity contribution in [3.05, 3.63) is 23.5 Å². The molecule has 1 fully saturated rings. The highest BCUT2D eigenvalue weighted by Gasteiger charge is 2.30. The van der Waals surface area contributed by atoms with E-state index in [1.165, 1.54) is 38.5 Å². The number of nitrogens with zero attached hydrogens (tertiary/aromatic N) is 1. The number of alkyl halides is 1. The van der Waals surface area contributed by atoms with Crippen LogP contribution in [0.15, 0.2) is 18.5 Å². The van der Waals surface area contributed by atoms with Gasteiger partial charge in [-0.1, -0.05) is 53.2 Å². The molecule has 100 valence electrons. The van der Waals surface area contributed by atoms with Gasteiger partial charge in [-0.25, -0.2) is 0 Å². The van der Waals surface area contributed by atoms with Crippen LogP contribution < -0.4 is 4.74 Å². The minimum atomic E-state index is 0.277. The molecule has 18 heavy (non-hydrogen) atoms. The van der Waals surface area contributed by atoms with Crippen LogP contribution >= 0.6 is 27.5 Å². The summed E-state index contributed by atoms with van der Waals surface area (Å²) in [4.78, 5) is 4.05. The molecule has 0 saturated heterocycles. The molecule has 1 aromatic heterocycles. The molecular weight excluding hydrogens is 314 g/mol. The lowest BCUT2D eigenvalue weighted by Gasteiger charge is -2.30. The average Bonchev–Trinajstić information content (AvgIpc) is 2.63. The Morgan fingerprint density at radius 1 is 1.22 bits per heavy atom. The summed E-state index contributed by atoms with van der Waals surface area (Å²) < 4.78 is 5.90. The number of hydrogen-bond donors (Lipinski definition) is 0. The SMILES string of the molecule is Clc1cncc(OCC2(CBr)CCCCCC2)c1. The van der Waals surface area contributed by atoms with E-state index in [-0.39, 0.29) is 5.41 Å². The van der Waals surface area contributed by atoms with Crippen LogP contribution in [0.5, 0.6) is 5.75 Å². The molecule has 0 aliphatic heterocycles. The van der Waals surface area contributed by atoms with Gasteiger partial charge in [0.15, 0.2) is 0 Å². The van der Waals surface area contributed by atoms with E-state index in [2.05, 4.69) is 20.9 Å². The summed E-state index contributed by atoms with van der Waals surface area (Å²) in [7, 11) is 0. The monoisotopic (exact) mass is 331 g/mol. The zero-order valence-corrected chi connectivity index (χ0v) is 12.8. The fraction of sp³-hybridized carbons (Fsp3) is 0.643. The summed E-state index contributed by atoms with van der Waals surface area (Å²) in [5.74, 6) is 0.770. The van der Waals surface area contributed by atoms with Gasteiger partial charge in [0.05, 0.1) is 17.8 Å². The Morgan fingerprint density at radius 3 is 2.56 bits per heavy atom. The molecule has 1 aromatic rings. The number of halogens is 2. The summed E-state index contributed by atoms with van der Waals surface area (Å²) in [6.45, 7) is 0.750. The second kappa shape index (κ2) is 6.76. The summed E-state index contributed by atoms with van der Waals surface area (Å²) in [5, 5.41) is 1.63. The number of ether oxygens (including phenoxy) is 1. The van der Waals surface area contributed by atoms with Gasteiger partial charge in [-0.3, -0.25) is 4.98 Å². The van der Waals surface area contributed by atoms with Crippen LogP contribution in [-0.4, -0.2) is 16.9 Å². The molecule has 2 nitrogen and oxygen atoms in total. The van der Waals surface area contributed by atoms with Gasteiger partial charge in [0.2, 0.25) is 0 Å². The van der Waals surface area contributed by atoms with Crippen molar-refractivity contribution in [2.45, 2.75) is 38.5 Å². The van der Waals surface area contributed by atoms with Crippen LogP contribution in [0.2, 0.25) is 5.02 Å². The summed E-state index contributed by atoms with van der Waals surface area (Å²) in [5.41, 5.74) is 0.277. The lowest BCUT2D eigenvalue weighted by Crippen LogP contribution is -2.30. The van der Waals surface area contributed by atoms with Crippen LogP contribution in [0, 0.1) is 5.41 Å². The van der Waals surface area contributed by atoms with E-state index >= 15 is 0 Å². The second-order valence-corrected chi connectivity index (χ2v) is 6.17. The summed E-state index contributed by atoms with van der Waals surface area (Å²) >= 11 is 9.58. The highest BCUT2D eigenvalue weighted by Crippen LogP contribution is 2.37. The van der Waals surface area contributed by atoms with E-state index in [0.717, 1.165) is 17.7 Å². The van der Waals surface area contributed by atoms with Gasteiger partial charge < -0.3 is 4.74 Å². The van der Waals surface area contributed by atoms with Crippen molar-refractivity contribution in [3.63, 3.8) is 0 Å². The van der Waals surface area contributed by atoms with E-state index < -0.39 is 0 Å². The lowest BCUT2D eigenvalue weighted by atomic mass is 9.83. The second-order valence-electron chi connectivity index (χ2n) is 5.18. The van der Waals surface area contributed by atoms with Crippen LogP contribution in [-0.2, 0) is 0 Å². The first-order valence-corrected chi connectivity index (χ1v) is 8.03. The maximum Gasteiger partial charge on any atom is 0.139 e. The topological polar surface area (TPSA) is 22.1 Å². The van der Waals surface area contributed by atoms with Crippen molar-refractivity contribution in [3.8, 4) is 5.75 Å². The van der Waals surface area contributed by atoms with Crippen LogP contribution in [0.3, 0.4) is 0 Å². The van der Waals surface area contributed by atoms with Gasteiger partial charge in [0.25, 0.3) is 0 Å². The molecule has 1 heterocycles. The molecule has 0 radical (unpaired) electrons. The molecule has 0 spiro atoms. The Kier molecular flexibility index (Phi) is 5.31. The predicted octanol–water partition coefficient (Wildman–Crippen LogP) is 4.85. The van der Waals surface area contributed by atoms with E-state index in [1.54, 1.807) is 12.4 Å². The third-order valence-electron chi connectivity index (χ3n) is 3.67. The first kappa shape index (κ1) is 14.1. The Labute approximate surface area is 122 Å². The van der Waals surface area contributed by atoms with Crippen molar-refractivity contribution < 1.29 is 4.74 Å². The quantitative estimate of drug-likeness (QED) is 0.581. The third-order valence-corrected chi connectivity index (χ3v) is 5.07. The molecule has 0 unspecified atom stereocenters. The predicted molar refractivity (Wildman–Crippen MR) is 78.7 cm³/mol. The lowest BCUT2D eigenvalue weighted by molar-refractivity contribution is 0.149. The van der Waals surface area contributed by atoms with E-state index in [4.69, 9.17) is 16.3 Å². The fourth-order valence-electron chi connectivity index (χ4n) is 2.50. The Bertz CT molecular complexity index is 378. The van der Waals surface area contributed by atoms with E-state index in [9.17, 15) is 0 Å². The minimum absolute atomic E-state index is 0.277. The minimum Gasteiger partial charge on any atom is -0.491 e. The number of rotatable bonds is 4. The number of aromatic nitrogens is 1. The zero-order chi connectivity index (χ0) is 12.8. The molecule has 1 saturated carbocycles. The van der Waals surface area contributed by atoms with Crippen molar-refractivity contribution >= 4 is 27.5 Å². The van der Waals surface area contributed by atoms with Crippen molar-refractivity contribution in [1.29, 1.82) is 0 Å². The van der Waals surface area contributed by atoms with Gasteiger partial charge in [0.1, 0.15) is 5.75 Å². The van der Waals surface area contributed by atoms with Crippen molar-refractivity contribution in [2.24, 2.45) is 5.41 Å². The molecule has 0 N–H and O–H groups in total. The van der Waals surface area contributed by atoms with Crippen LogP contribution in [0.4, 0.5) is 0 Å². The normalized spacial score (nSPS) is 19.2. The molecule has 2 rings (SSSR count). The molecule has 1 aliphatic carbocycles. The first-order valence-electron chi connectivity index (χ1n) is 6.53. The van der Waals surface area contributed by atoms with Gasteiger partial charge >= 0.3 is 0 Å². The highest BCUT2D eigenvalue weighted by atomic mass is 79.9.